The lowest BCUT2D eigenvalue weighted by Crippen LogP contribution is -2.62. The Morgan fingerprint density at radius 1 is 1.29 bits per heavy atom. The second-order valence-corrected chi connectivity index (χ2v) is 10.1. The van der Waals surface area contributed by atoms with Crippen LogP contribution in [0, 0.1) is 0 Å². The van der Waals surface area contributed by atoms with E-state index in [1.165, 1.54) is 0 Å². The molecule has 28 heavy (non-hydrogen) atoms. The Kier molecular flexibility index (Phi) is 4.45. The molecule has 0 aliphatic carbocycles. The standard InChI is InChI=1S/C19H23N3O5S/c1-19-9-6-17(24)22(19)15-5-3-2-4-14(15)18(25)21(19)10-7-16(23)20-13-8-11-28(26,27)12-13/h2-5,13H,6-12H2,1H3,(H,20,23)/t13-,19-/m0/s1. The van der Waals surface area contributed by atoms with Crippen LogP contribution < -0.4 is 10.2 Å². The molecule has 150 valence electrons. The van der Waals surface area contributed by atoms with Gasteiger partial charge in [0.15, 0.2) is 9.84 Å². The summed E-state index contributed by atoms with van der Waals surface area (Å²) in [6.45, 7) is 2.02. The first-order chi connectivity index (χ1) is 13.2. The van der Waals surface area contributed by atoms with E-state index < -0.39 is 15.5 Å². The van der Waals surface area contributed by atoms with E-state index in [0.29, 0.717) is 30.5 Å². The quantitative estimate of drug-likeness (QED) is 0.793. The van der Waals surface area contributed by atoms with E-state index in [1.54, 1.807) is 34.1 Å². The van der Waals surface area contributed by atoms with Crippen LogP contribution >= 0.6 is 0 Å². The number of hydrogen-bond donors (Lipinski definition) is 1. The number of carbonyl (C=O) groups is 3. The molecule has 8 nitrogen and oxygen atoms in total. The first-order valence-corrected chi connectivity index (χ1v) is 11.3. The minimum Gasteiger partial charge on any atom is -0.352 e. The molecule has 0 unspecified atom stereocenters. The number of rotatable bonds is 4. The van der Waals surface area contributed by atoms with Crippen molar-refractivity contribution in [2.24, 2.45) is 0 Å². The summed E-state index contributed by atoms with van der Waals surface area (Å²) in [7, 11) is -3.07. The van der Waals surface area contributed by atoms with Crippen LogP contribution in [0.25, 0.3) is 0 Å². The number of carbonyl (C=O) groups excluding carboxylic acids is 3. The smallest absolute Gasteiger partial charge is 0.257 e. The number of sulfone groups is 1. The van der Waals surface area contributed by atoms with Gasteiger partial charge in [0, 0.05) is 25.4 Å². The summed E-state index contributed by atoms with van der Waals surface area (Å²) >= 11 is 0. The van der Waals surface area contributed by atoms with Gasteiger partial charge in [-0.3, -0.25) is 19.3 Å². The van der Waals surface area contributed by atoms with Gasteiger partial charge >= 0.3 is 0 Å². The zero-order valence-electron chi connectivity index (χ0n) is 15.7. The number of benzene rings is 1. The van der Waals surface area contributed by atoms with Crippen LogP contribution in [0.2, 0.25) is 0 Å². The van der Waals surface area contributed by atoms with Crippen LogP contribution in [0.3, 0.4) is 0 Å². The number of amides is 3. The van der Waals surface area contributed by atoms with Crippen LogP contribution in [0.4, 0.5) is 5.69 Å². The molecule has 0 bridgehead atoms. The van der Waals surface area contributed by atoms with Gasteiger partial charge in [-0.1, -0.05) is 12.1 Å². The summed E-state index contributed by atoms with van der Waals surface area (Å²) in [6, 6.07) is 6.66. The van der Waals surface area contributed by atoms with Gasteiger partial charge < -0.3 is 10.2 Å². The number of anilines is 1. The molecule has 0 spiro atoms. The summed E-state index contributed by atoms with van der Waals surface area (Å²) < 4.78 is 23.1. The summed E-state index contributed by atoms with van der Waals surface area (Å²) in [5.74, 6) is -0.454. The fraction of sp³-hybridized carbons (Fsp3) is 0.526. The third kappa shape index (κ3) is 3.07. The molecule has 9 heteroatoms. The van der Waals surface area contributed by atoms with Crippen molar-refractivity contribution in [3.05, 3.63) is 29.8 Å². The lowest BCUT2D eigenvalue weighted by molar-refractivity contribution is -0.122. The van der Waals surface area contributed by atoms with Crippen LogP contribution in [0.5, 0.6) is 0 Å². The highest BCUT2D eigenvalue weighted by atomic mass is 32.2. The van der Waals surface area contributed by atoms with E-state index in [1.807, 2.05) is 6.92 Å². The molecule has 3 aliphatic heterocycles. The molecular weight excluding hydrogens is 382 g/mol. The average molecular weight is 405 g/mol. The zero-order valence-corrected chi connectivity index (χ0v) is 16.5. The van der Waals surface area contributed by atoms with Crippen molar-refractivity contribution in [2.75, 3.05) is 23.0 Å². The Balaban J connectivity index is 1.50. The normalized spacial score (nSPS) is 28.2. The van der Waals surface area contributed by atoms with E-state index in [0.717, 1.165) is 0 Å². The van der Waals surface area contributed by atoms with Crippen LogP contribution in [0.1, 0.15) is 43.0 Å². The van der Waals surface area contributed by atoms with E-state index in [4.69, 9.17) is 0 Å². The maximum absolute atomic E-state index is 13.1. The minimum atomic E-state index is -3.07. The van der Waals surface area contributed by atoms with E-state index in [9.17, 15) is 22.8 Å². The monoisotopic (exact) mass is 405 g/mol. The molecule has 2 atom stereocenters. The first-order valence-electron chi connectivity index (χ1n) is 9.45. The van der Waals surface area contributed by atoms with Gasteiger partial charge in [0.05, 0.1) is 22.8 Å². The van der Waals surface area contributed by atoms with Crippen LogP contribution in [-0.4, -0.2) is 60.8 Å². The van der Waals surface area contributed by atoms with Crippen molar-refractivity contribution in [3.63, 3.8) is 0 Å². The van der Waals surface area contributed by atoms with Crippen molar-refractivity contribution < 1.29 is 22.8 Å². The van der Waals surface area contributed by atoms with Crippen molar-refractivity contribution in [3.8, 4) is 0 Å². The second-order valence-electron chi connectivity index (χ2n) is 7.84. The number of nitrogens with one attached hydrogen (secondary N) is 1. The topological polar surface area (TPSA) is 104 Å². The average Bonchev–Trinajstić information content (AvgIpc) is 3.13. The van der Waals surface area contributed by atoms with Gasteiger partial charge in [-0.05, 0) is 31.9 Å². The summed E-state index contributed by atoms with van der Waals surface area (Å²) in [5, 5.41) is 2.75. The molecule has 2 saturated heterocycles. The fourth-order valence-corrected chi connectivity index (χ4v) is 6.14. The molecule has 0 aromatic heterocycles. The highest BCUT2D eigenvalue weighted by Crippen LogP contribution is 2.43. The molecule has 0 radical (unpaired) electrons. The predicted molar refractivity (Wildman–Crippen MR) is 102 cm³/mol. The van der Waals surface area contributed by atoms with Gasteiger partial charge in [-0.2, -0.15) is 0 Å². The Hall–Kier alpha value is -2.42. The molecule has 3 aliphatic rings. The maximum Gasteiger partial charge on any atom is 0.257 e. The largest absolute Gasteiger partial charge is 0.352 e. The molecule has 2 fully saturated rings. The Labute approximate surface area is 163 Å². The Morgan fingerprint density at radius 2 is 2.04 bits per heavy atom. The SMILES string of the molecule is C[C@@]12CCC(=O)N1c1ccccc1C(=O)N2CCC(=O)N[C@H]1CCS(=O)(=O)C1. The van der Waals surface area contributed by atoms with Gasteiger partial charge in [0.2, 0.25) is 11.8 Å². The third-order valence-corrected chi connectivity index (χ3v) is 7.67. The molecule has 3 heterocycles. The lowest BCUT2D eigenvalue weighted by atomic mass is 9.98. The number of fused-ring (bicyclic) bond motifs is 3. The molecular formula is C19H23N3O5S. The Bertz CT molecular complexity index is 960. The molecule has 1 aromatic rings. The fourth-order valence-electron chi connectivity index (χ4n) is 4.46. The number of nitrogens with zero attached hydrogens (tertiary/aromatic N) is 2. The maximum atomic E-state index is 13.1. The minimum absolute atomic E-state index is 0.0330. The molecule has 1 N–H and O–H groups in total. The van der Waals surface area contributed by atoms with E-state index in [2.05, 4.69) is 5.32 Å². The van der Waals surface area contributed by atoms with Crippen molar-refractivity contribution in [2.45, 2.75) is 44.3 Å². The first kappa shape index (κ1) is 18.9. The van der Waals surface area contributed by atoms with Gasteiger partial charge in [-0.15, -0.1) is 0 Å². The van der Waals surface area contributed by atoms with E-state index >= 15 is 0 Å². The van der Waals surface area contributed by atoms with Crippen molar-refractivity contribution >= 4 is 33.2 Å². The van der Waals surface area contributed by atoms with Crippen molar-refractivity contribution in [1.29, 1.82) is 0 Å². The Morgan fingerprint density at radius 3 is 2.75 bits per heavy atom. The predicted octanol–water partition coefficient (Wildman–Crippen LogP) is 0.679. The summed E-state index contributed by atoms with van der Waals surface area (Å²) in [6.07, 6.45) is 1.33. The second kappa shape index (κ2) is 6.58. The number of hydrogen-bond acceptors (Lipinski definition) is 5. The van der Waals surface area contributed by atoms with Gasteiger partial charge in [0.25, 0.3) is 5.91 Å². The van der Waals surface area contributed by atoms with Gasteiger partial charge in [-0.25, -0.2) is 8.42 Å². The van der Waals surface area contributed by atoms with Crippen LogP contribution in [-0.2, 0) is 19.4 Å². The third-order valence-electron chi connectivity index (χ3n) is 5.91. The van der Waals surface area contributed by atoms with Crippen LogP contribution in [0.15, 0.2) is 24.3 Å². The molecule has 0 saturated carbocycles. The van der Waals surface area contributed by atoms with Crippen molar-refractivity contribution in [1.82, 2.24) is 10.2 Å². The van der Waals surface area contributed by atoms with E-state index in [-0.39, 0.29) is 48.2 Å². The molecule has 4 rings (SSSR count). The molecule has 3 amide bonds. The molecule has 1 aromatic carbocycles. The number of para-hydroxylation sites is 1. The highest BCUT2D eigenvalue weighted by molar-refractivity contribution is 7.91. The highest BCUT2D eigenvalue weighted by Gasteiger charge is 2.52. The van der Waals surface area contributed by atoms with Gasteiger partial charge in [0.1, 0.15) is 5.66 Å². The zero-order chi connectivity index (χ0) is 20.1. The summed E-state index contributed by atoms with van der Waals surface area (Å²) in [5.41, 5.74) is 0.284. The summed E-state index contributed by atoms with van der Waals surface area (Å²) in [4.78, 5) is 41.2. The lowest BCUT2D eigenvalue weighted by Gasteiger charge is -2.48.